The molecule has 9 heteroatoms. The van der Waals surface area contributed by atoms with Crippen molar-refractivity contribution in [2.24, 2.45) is 0 Å². The van der Waals surface area contributed by atoms with E-state index in [-0.39, 0.29) is 18.3 Å². The van der Waals surface area contributed by atoms with Crippen LogP contribution in [0.15, 0.2) is 58.7 Å². The van der Waals surface area contributed by atoms with Crippen LogP contribution in [-0.4, -0.2) is 33.5 Å². The summed E-state index contributed by atoms with van der Waals surface area (Å²) in [7, 11) is 1.60. The van der Waals surface area contributed by atoms with Crippen molar-refractivity contribution in [1.82, 2.24) is 14.8 Å². The Morgan fingerprint density at radius 2 is 1.94 bits per heavy atom. The van der Waals surface area contributed by atoms with Gasteiger partial charge in [-0.05, 0) is 49.2 Å². The first kappa shape index (κ1) is 23.9. The van der Waals surface area contributed by atoms with Crippen LogP contribution in [-0.2, 0) is 17.9 Å². The fourth-order valence-electron chi connectivity index (χ4n) is 2.96. The van der Waals surface area contributed by atoms with Crippen molar-refractivity contribution >= 4 is 39.3 Å². The van der Waals surface area contributed by atoms with Gasteiger partial charge in [0.25, 0.3) is 0 Å². The summed E-state index contributed by atoms with van der Waals surface area (Å²) in [5.41, 5.74) is 2.93. The minimum Gasteiger partial charge on any atom is -0.493 e. The number of para-hydroxylation sites is 2. The fourth-order valence-corrected chi connectivity index (χ4v) is 4.16. The average Bonchev–Trinajstić information content (AvgIpc) is 3.18. The molecular formula is C23H25BrN4O3S. The van der Waals surface area contributed by atoms with Crippen molar-refractivity contribution in [3.8, 4) is 11.5 Å². The van der Waals surface area contributed by atoms with Crippen LogP contribution < -0.4 is 14.8 Å². The standard InChI is InChI=1S/C23H25BrN4O3S/c1-5-12-28-21(13-31-20-9-7-6-8-19(20)30-4)26-27-23(28)32-14-22(29)25-18-11-10-17(24)15(2)16(18)3/h5-11H,1,12-14H2,2-4H3,(H,25,29). The normalized spacial score (nSPS) is 10.6. The molecule has 0 unspecified atom stereocenters. The third-order valence-corrected chi connectivity index (χ3v) is 6.68. The molecule has 0 aliphatic heterocycles. The van der Waals surface area contributed by atoms with E-state index in [1.807, 2.05) is 54.8 Å². The molecule has 7 nitrogen and oxygen atoms in total. The predicted molar refractivity (Wildman–Crippen MR) is 131 cm³/mol. The highest BCUT2D eigenvalue weighted by molar-refractivity contribution is 9.10. The van der Waals surface area contributed by atoms with Crippen LogP contribution in [0.2, 0.25) is 0 Å². The minimum absolute atomic E-state index is 0.111. The lowest BCUT2D eigenvalue weighted by Gasteiger charge is -2.12. The van der Waals surface area contributed by atoms with Gasteiger partial charge in [0.1, 0.15) is 6.61 Å². The molecule has 0 saturated carbocycles. The number of aromatic nitrogens is 3. The molecule has 0 fully saturated rings. The highest BCUT2D eigenvalue weighted by Crippen LogP contribution is 2.28. The van der Waals surface area contributed by atoms with Crippen LogP contribution >= 0.6 is 27.7 Å². The number of thioether (sulfide) groups is 1. The van der Waals surface area contributed by atoms with E-state index < -0.39 is 0 Å². The second-order valence-corrected chi connectivity index (χ2v) is 8.72. The Morgan fingerprint density at radius 3 is 2.66 bits per heavy atom. The predicted octanol–water partition coefficient (Wildman–Crippen LogP) is 5.16. The van der Waals surface area contributed by atoms with Gasteiger partial charge in [-0.3, -0.25) is 9.36 Å². The molecular weight excluding hydrogens is 492 g/mol. The van der Waals surface area contributed by atoms with Crippen molar-refractivity contribution in [3.05, 3.63) is 70.5 Å². The third kappa shape index (κ3) is 5.72. The molecule has 0 spiro atoms. The molecule has 1 heterocycles. The molecule has 1 N–H and O–H groups in total. The number of methoxy groups -OCH3 is 1. The van der Waals surface area contributed by atoms with Gasteiger partial charge in [0.2, 0.25) is 5.91 Å². The maximum atomic E-state index is 12.5. The molecule has 1 amide bonds. The number of hydrogen-bond acceptors (Lipinski definition) is 6. The first-order chi connectivity index (χ1) is 15.4. The van der Waals surface area contributed by atoms with E-state index >= 15 is 0 Å². The van der Waals surface area contributed by atoms with Gasteiger partial charge in [-0.2, -0.15) is 0 Å². The van der Waals surface area contributed by atoms with E-state index in [4.69, 9.17) is 9.47 Å². The van der Waals surface area contributed by atoms with Crippen molar-refractivity contribution < 1.29 is 14.3 Å². The molecule has 0 saturated heterocycles. The molecule has 32 heavy (non-hydrogen) atoms. The molecule has 0 aliphatic rings. The number of ether oxygens (including phenoxy) is 2. The van der Waals surface area contributed by atoms with Gasteiger partial charge >= 0.3 is 0 Å². The number of nitrogens with one attached hydrogen (secondary N) is 1. The van der Waals surface area contributed by atoms with Gasteiger partial charge in [0, 0.05) is 16.7 Å². The van der Waals surface area contributed by atoms with Crippen LogP contribution in [0.25, 0.3) is 0 Å². The van der Waals surface area contributed by atoms with E-state index in [1.54, 1.807) is 13.2 Å². The van der Waals surface area contributed by atoms with Gasteiger partial charge in [-0.15, -0.1) is 16.8 Å². The summed E-state index contributed by atoms with van der Waals surface area (Å²) in [5.74, 6) is 2.00. The van der Waals surface area contributed by atoms with Crippen LogP contribution in [0.4, 0.5) is 5.69 Å². The number of carbonyl (C=O) groups excluding carboxylic acids is 1. The van der Waals surface area contributed by atoms with E-state index in [0.717, 1.165) is 21.3 Å². The summed E-state index contributed by atoms with van der Waals surface area (Å²) < 4.78 is 14.1. The van der Waals surface area contributed by atoms with Gasteiger partial charge in [0.05, 0.1) is 12.9 Å². The lowest BCUT2D eigenvalue weighted by atomic mass is 10.1. The zero-order chi connectivity index (χ0) is 23.1. The number of rotatable bonds is 10. The summed E-state index contributed by atoms with van der Waals surface area (Å²) in [6.45, 7) is 8.52. The Morgan fingerprint density at radius 1 is 1.19 bits per heavy atom. The topological polar surface area (TPSA) is 78.3 Å². The van der Waals surface area contributed by atoms with Gasteiger partial charge in [0.15, 0.2) is 22.5 Å². The lowest BCUT2D eigenvalue weighted by Crippen LogP contribution is -2.16. The molecule has 3 rings (SSSR count). The largest absolute Gasteiger partial charge is 0.493 e. The Kier molecular flexibility index (Phi) is 8.35. The van der Waals surface area contributed by atoms with E-state index in [2.05, 4.69) is 38.0 Å². The molecule has 2 aromatic carbocycles. The lowest BCUT2D eigenvalue weighted by molar-refractivity contribution is -0.113. The summed E-state index contributed by atoms with van der Waals surface area (Å²) in [6.07, 6.45) is 1.76. The summed E-state index contributed by atoms with van der Waals surface area (Å²) in [4.78, 5) is 12.5. The molecule has 0 radical (unpaired) electrons. The van der Waals surface area contributed by atoms with Crippen LogP contribution in [0, 0.1) is 13.8 Å². The first-order valence-electron chi connectivity index (χ1n) is 9.91. The highest BCUT2D eigenvalue weighted by Gasteiger charge is 2.16. The number of nitrogens with zero attached hydrogens (tertiary/aromatic N) is 3. The first-order valence-corrected chi connectivity index (χ1v) is 11.7. The van der Waals surface area contributed by atoms with Crippen molar-refractivity contribution in [2.75, 3.05) is 18.2 Å². The molecule has 168 valence electrons. The number of benzene rings is 2. The Hall–Kier alpha value is -2.78. The van der Waals surface area contributed by atoms with Crippen LogP contribution in [0.5, 0.6) is 11.5 Å². The fraction of sp³-hybridized carbons (Fsp3) is 0.261. The molecule has 3 aromatic rings. The minimum atomic E-state index is -0.111. The summed E-state index contributed by atoms with van der Waals surface area (Å²) in [6, 6.07) is 11.2. The van der Waals surface area contributed by atoms with E-state index in [9.17, 15) is 4.79 Å². The molecule has 0 atom stereocenters. The zero-order valence-electron chi connectivity index (χ0n) is 18.2. The number of allylic oxidation sites excluding steroid dienone is 1. The summed E-state index contributed by atoms with van der Waals surface area (Å²) >= 11 is 4.83. The van der Waals surface area contributed by atoms with Crippen LogP contribution in [0.1, 0.15) is 17.0 Å². The van der Waals surface area contributed by atoms with E-state index in [0.29, 0.717) is 29.0 Å². The van der Waals surface area contributed by atoms with Crippen molar-refractivity contribution in [1.29, 1.82) is 0 Å². The van der Waals surface area contributed by atoms with Crippen molar-refractivity contribution in [3.63, 3.8) is 0 Å². The third-order valence-electron chi connectivity index (χ3n) is 4.86. The van der Waals surface area contributed by atoms with E-state index in [1.165, 1.54) is 11.8 Å². The Bertz CT molecular complexity index is 1120. The Labute approximate surface area is 200 Å². The highest BCUT2D eigenvalue weighted by atomic mass is 79.9. The quantitative estimate of drug-likeness (QED) is 0.296. The summed E-state index contributed by atoms with van der Waals surface area (Å²) in [5, 5.41) is 12.1. The van der Waals surface area contributed by atoms with Gasteiger partial charge in [-0.1, -0.05) is 45.9 Å². The monoisotopic (exact) mass is 516 g/mol. The molecule has 1 aromatic heterocycles. The van der Waals surface area contributed by atoms with Gasteiger partial charge in [-0.25, -0.2) is 0 Å². The van der Waals surface area contributed by atoms with Crippen LogP contribution in [0.3, 0.4) is 0 Å². The Balaban J connectivity index is 1.65. The second kappa shape index (κ2) is 11.2. The molecule has 0 bridgehead atoms. The average molecular weight is 517 g/mol. The zero-order valence-corrected chi connectivity index (χ0v) is 20.6. The SMILES string of the molecule is C=CCn1c(COc2ccccc2OC)nnc1SCC(=O)Nc1ccc(Br)c(C)c1C. The number of halogens is 1. The maximum Gasteiger partial charge on any atom is 0.234 e. The maximum absolute atomic E-state index is 12.5. The van der Waals surface area contributed by atoms with Crippen molar-refractivity contribution in [2.45, 2.75) is 32.2 Å². The number of anilines is 1. The number of amides is 1. The number of carbonyl (C=O) groups is 1. The molecule has 0 aliphatic carbocycles. The van der Waals surface area contributed by atoms with Gasteiger partial charge < -0.3 is 14.8 Å². The smallest absolute Gasteiger partial charge is 0.234 e. The second-order valence-electron chi connectivity index (χ2n) is 6.92. The number of hydrogen-bond donors (Lipinski definition) is 1.